The van der Waals surface area contributed by atoms with Gasteiger partial charge in [-0.25, -0.2) is 9.78 Å². The second-order valence-corrected chi connectivity index (χ2v) is 5.86. The molecule has 0 unspecified atom stereocenters. The quantitative estimate of drug-likeness (QED) is 0.555. The van der Waals surface area contributed by atoms with Crippen molar-refractivity contribution in [3.8, 4) is 0 Å². The van der Waals surface area contributed by atoms with E-state index in [4.69, 9.17) is 0 Å². The number of rotatable bonds is 5. The Kier molecular flexibility index (Phi) is 5.46. The average Bonchev–Trinajstić information content (AvgIpc) is 2.66. The molecular formula is C19H19N5O3. The molecule has 0 saturated heterocycles. The van der Waals surface area contributed by atoms with E-state index >= 15 is 0 Å². The van der Waals surface area contributed by atoms with Gasteiger partial charge in [0.25, 0.3) is 5.56 Å². The van der Waals surface area contributed by atoms with Crippen LogP contribution in [0.3, 0.4) is 0 Å². The second-order valence-electron chi connectivity index (χ2n) is 5.86. The number of fused-ring (bicyclic) bond motifs is 1. The molecule has 1 heterocycles. The van der Waals surface area contributed by atoms with Gasteiger partial charge in [0.15, 0.2) is 0 Å². The highest BCUT2D eigenvalue weighted by Gasteiger charge is 2.08. The van der Waals surface area contributed by atoms with Crippen LogP contribution in [0.4, 0.5) is 16.2 Å². The van der Waals surface area contributed by atoms with E-state index in [0.717, 1.165) is 0 Å². The predicted molar refractivity (Wildman–Crippen MR) is 104 cm³/mol. The molecule has 1 aromatic heterocycles. The van der Waals surface area contributed by atoms with Crippen molar-refractivity contribution in [1.29, 1.82) is 0 Å². The highest BCUT2D eigenvalue weighted by Crippen LogP contribution is 2.15. The minimum absolute atomic E-state index is 0.161. The zero-order chi connectivity index (χ0) is 19.2. The molecule has 27 heavy (non-hydrogen) atoms. The van der Waals surface area contributed by atoms with E-state index in [1.807, 2.05) is 6.07 Å². The first-order valence-electron chi connectivity index (χ1n) is 8.42. The Morgan fingerprint density at radius 1 is 1.04 bits per heavy atom. The lowest BCUT2D eigenvalue weighted by molar-refractivity contribution is -0.116. The number of urea groups is 1. The van der Waals surface area contributed by atoms with Crippen molar-refractivity contribution < 1.29 is 9.59 Å². The van der Waals surface area contributed by atoms with E-state index in [1.165, 1.54) is 7.05 Å². The van der Waals surface area contributed by atoms with Gasteiger partial charge < -0.3 is 20.9 Å². The highest BCUT2D eigenvalue weighted by atomic mass is 16.2. The summed E-state index contributed by atoms with van der Waals surface area (Å²) in [4.78, 5) is 42.7. The lowest BCUT2D eigenvalue weighted by Gasteiger charge is -2.08. The van der Waals surface area contributed by atoms with E-state index < -0.39 is 0 Å². The third-order valence-electron chi connectivity index (χ3n) is 3.88. The normalized spacial score (nSPS) is 10.4. The Morgan fingerprint density at radius 2 is 1.78 bits per heavy atom. The molecule has 0 radical (unpaired) electrons. The van der Waals surface area contributed by atoms with E-state index in [9.17, 15) is 14.4 Å². The zero-order valence-electron chi connectivity index (χ0n) is 14.7. The van der Waals surface area contributed by atoms with Gasteiger partial charge in [-0.3, -0.25) is 9.59 Å². The van der Waals surface area contributed by atoms with Gasteiger partial charge in [0.2, 0.25) is 5.91 Å². The molecule has 0 atom stereocenters. The molecule has 8 heteroatoms. The van der Waals surface area contributed by atoms with Crippen molar-refractivity contribution >= 4 is 34.2 Å². The average molecular weight is 365 g/mol. The maximum absolute atomic E-state index is 12.2. The lowest BCUT2D eigenvalue weighted by Crippen LogP contribution is -2.24. The number of amides is 3. The van der Waals surface area contributed by atoms with Crippen molar-refractivity contribution in [1.82, 2.24) is 15.3 Å². The number of anilines is 2. The fourth-order valence-corrected chi connectivity index (χ4v) is 2.58. The van der Waals surface area contributed by atoms with Gasteiger partial charge in [-0.05, 0) is 30.3 Å². The van der Waals surface area contributed by atoms with Gasteiger partial charge in [0, 0.05) is 31.3 Å². The zero-order valence-corrected chi connectivity index (χ0v) is 14.7. The maximum Gasteiger partial charge on any atom is 0.318 e. The van der Waals surface area contributed by atoms with Crippen LogP contribution < -0.4 is 21.5 Å². The molecule has 0 spiro atoms. The second kappa shape index (κ2) is 8.13. The van der Waals surface area contributed by atoms with Gasteiger partial charge in [-0.15, -0.1) is 0 Å². The summed E-state index contributed by atoms with van der Waals surface area (Å²) < 4.78 is 0. The van der Waals surface area contributed by atoms with Crippen LogP contribution in [-0.2, 0) is 11.2 Å². The van der Waals surface area contributed by atoms with Gasteiger partial charge in [-0.1, -0.05) is 18.2 Å². The van der Waals surface area contributed by atoms with Crippen LogP contribution in [0, 0.1) is 0 Å². The number of carbonyl (C=O) groups is 2. The number of hydrogen-bond acceptors (Lipinski definition) is 4. The molecule has 3 amide bonds. The predicted octanol–water partition coefficient (Wildman–Crippen LogP) is 2.25. The minimum Gasteiger partial charge on any atom is -0.341 e. The number of hydrogen-bond donors (Lipinski definition) is 4. The molecule has 0 fully saturated rings. The number of nitrogens with zero attached hydrogens (tertiary/aromatic N) is 1. The van der Waals surface area contributed by atoms with Crippen LogP contribution in [0.15, 0.2) is 53.3 Å². The molecule has 0 aliphatic rings. The Hall–Kier alpha value is -3.68. The van der Waals surface area contributed by atoms with Crippen molar-refractivity contribution in [2.24, 2.45) is 0 Å². The molecule has 8 nitrogen and oxygen atoms in total. The summed E-state index contributed by atoms with van der Waals surface area (Å²) in [6.07, 6.45) is 0.469. The third kappa shape index (κ3) is 4.69. The van der Waals surface area contributed by atoms with E-state index in [2.05, 4.69) is 25.9 Å². The molecule has 0 bridgehead atoms. The summed E-state index contributed by atoms with van der Waals surface area (Å²) in [5.41, 5.74) is 1.51. The number of para-hydroxylation sites is 1. The SMILES string of the molecule is CNC(=O)Nc1cccc(NC(=O)CCc2nc3ccccc3c(=O)[nH]2)c1. The number of nitrogens with one attached hydrogen (secondary N) is 4. The van der Waals surface area contributed by atoms with Crippen LogP contribution in [0.2, 0.25) is 0 Å². The highest BCUT2D eigenvalue weighted by molar-refractivity contribution is 5.93. The number of H-pyrrole nitrogens is 1. The largest absolute Gasteiger partial charge is 0.341 e. The fourth-order valence-electron chi connectivity index (χ4n) is 2.58. The Labute approximate surface area is 155 Å². The topological polar surface area (TPSA) is 116 Å². The van der Waals surface area contributed by atoms with Crippen LogP contribution in [0.5, 0.6) is 0 Å². The summed E-state index contributed by atoms with van der Waals surface area (Å²) in [7, 11) is 1.52. The van der Waals surface area contributed by atoms with Crippen LogP contribution >= 0.6 is 0 Å². The lowest BCUT2D eigenvalue weighted by atomic mass is 10.2. The van der Waals surface area contributed by atoms with Gasteiger partial charge in [-0.2, -0.15) is 0 Å². The van der Waals surface area contributed by atoms with Gasteiger partial charge in [0.05, 0.1) is 10.9 Å². The number of aryl methyl sites for hydroxylation is 1. The molecule has 0 saturated carbocycles. The smallest absolute Gasteiger partial charge is 0.318 e. The molecule has 3 rings (SSSR count). The van der Waals surface area contributed by atoms with Crippen LogP contribution in [-0.4, -0.2) is 29.0 Å². The van der Waals surface area contributed by atoms with Gasteiger partial charge in [0.1, 0.15) is 5.82 Å². The number of benzene rings is 2. The van der Waals surface area contributed by atoms with E-state index in [0.29, 0.717) is 34.5 Å². The summed E-state index contributed by atoms with van der Waals surface area (Å²) >= 11 is 0. The number of aromatic amines is 1. The number of carbonyl (C=O) groups excluding carboxylic acids is 2. The molecule has 0 aliphatic carbocycles. The van der Waals surface area contributed by atoms with E-state index in [1.54, 1.807) is 42.5 Å². The van der Waals surface area contributed by atoms with Crippen molar-refractivity contribution in [3.05, 3.63) is 64.7 Å². The molecule has 4 N–H and O–H groups in total. The summed E-state index contributed by atoms with van der Waals surface area (Å²) in [6, 6.07) is 13.5. The molecule has 2 aromatic carbocycles. The Bertz CT molecular complexity index is 1040. The first kappa shape index (κ1) is 18.1. The first-order chi connectivity index (χ1) is 13.0. The molecule has 138 valence electrons. The number of aromatic nitrogens is 2. The summed E-state index contributed by atoms with van der Waals surface area (Å²) in [6.45, 7) is 0. The van der Waals surface area contributed by atoms with E-state index in [-0.39, 0.29) is 23.9 Å². The molecule has 0 aliphatic heterocycles. The Morgan fingerprint density at radius 3 is 2.56 bits per heavy atom. The third-order valence-corrected chi connectivity index (χ3v) is 3.88. The monoisotopic (exact) mass is 365 g/mol. The van der Waals surface area contributed by atoms with Crippen molar-refractivity contribution in [3.63, 3.8) is 0 Å². The minimum atomic E-state index is -0.343. The standard InChI is InChI=1S/C19H19N5O3/c1-20-19(27)22-13-6-4-5-12(11-13)21-17(25)10-9-16-23-15-8-3-2-7-14(15)18(26)24-16/h2-8,11H,9-10H2,1H3,(H,21,25)(H2,20,22,27)(H,23,24,26). The molecular weight excluding hydrogens is 346 g/mol. The van der Waals surface area contributed by atoms with Crippen LogP contribution in [0.1, 0.15) is 12.2 Å². The Balaban J connectivity index is 1.62. The fraction of sp³-hybridized carbons (Fsp3) is 0.158. The van der Waals surface area contributed by atoms with Crippen molar-refractivity contribution in [2.75, 3.05) is 17.7 Å². The first-order valence-corrected chi connectivity index (χ1v) is 8.42. The summed E-state index contributed by atoms with van der Waals surface area (Å²) in [5, 5.41) is 8.38. The summed E-state index contributed by atoms with van der Waals surface area (Å²) in [5.74, 6) is 0.242. The van der Waals surface area contributed by atoms with Gasteiger partial charge >= 0.3 is 6.03 Å². The van der Waals surface area contributed by atoms with Crippen molar-refractivity contribution in [2.45, 2.75) is 12.8 Å². The molecule has 3 aromatic rings. The van der Waals surface area contributed by atoms with Crippen LogP contribution in [0.25, 0.3) is 10.9 Å². The maximum atomic E-state index is 12.2.